The van der Waals surface area contributed by atoms with Crippen molar-refractivity contribution in [3.05, 3.63) is 57.1 Å². The van der Waals surface area contributed by atoms with Gasteiger partial charge < -0.3 is 10.6 Å². The number of nitrogens with zero attached hydrogens (tertiary/aromatic N) is 4. The molecule has 2 N–H and O–H groups in total. The highest BCUT2D eigenvalue weighted by Crippen LogP contribution is 2.28. The van der Waals surface area contributed by atoms with Crippen molar-refractivity contribution < 1.29 is 4.79 Å². The van der Waals surface area contributed by atoms with Crippen LogP contribution in [0, 0.1) is 11.3 Å². The monoisotopic (exact) mass is 454 g/mol. The molecule has 31 heavy (non-hydrogen) atoms. The molecule has 160 valence electrons. The van der Waals surface area contributed by atoms with E-state index in [1.54, 1.807) is 28.2 Å². The number of piperidine rings is 1. The molecule has 1 fully saturated rings. The van der Waals surface area contributed by atoms with Gasteiger partial charge in [0, 0.05) is 29.1 Å². The fraction of sp³-hybridized carbons (Fsp3) is 0.364. The number of thiazole rings is 1. The zero-order valence-corrected chi connectivity index (χ0v) is 18.7. The summed E-state index contributed by atoms with van der Waals surface area (Å²) in [5.41, 5.74) is 2.52. The quantitative estimate of drug-likeness (QED) is 0.590. The maximum Gasteiger partial charge on any atom is 0.271 e. The van der Waals surface area contributed by atoms with Crippen LogP contribution in [-0.2, 0) is 6.54 Å². The van der Waals surface area contributed by atoms with Crippen molar-refractivity contribution >= 4 is 28.8 Å². The molecule has 0 radical (unpaired) electrons. The minimum Gasteiger partial charge on any atom is -0.346 e. The van der Waals surface area contributed by atoms with E-state index >= 15 is 0 Å². The Morgan fingerprint density at radius 3 is 2.97 bits per heavy atom. The Labute approximate surface area is 190 Å². The molecule has 1 aliphatic heterocycles. The molecule has 1 aliphatic rings. The Hall–Kier alpha value is -2.73. The number of amides is 1. The second-order valence-corrected chi connectivity index (χ2v) is 9.00. The van der Waals surface area contributed by atoms with E-state index < -0.39 is 0 Å². The number of hydrogen-bond acceptors (Lipinski definition) is 6. The van der Waals surface area contributed by atoms with Gasteiger partial charge in [-0.1, -0.05) is 17.7 Å². The molecule has 0 spiro atoms. The lowest BCUT2D eigenvalue weighted by Crippen LogP contribution is -2.36. The summed E-state index contributed by atoms with van der Waals surface area (Å²) in [5.74, 6) is 0.290. The summed E-state index contributed by atoms with van der Waals surface area (Å²) in [6.45, 7) is 4.48. The van der Waals surface area contributed by atoms with E-state index in [-0.39, 0.29) is 11.9 Å². The summed E-state index contributed by atoms with van der Waals surface area (Å²) in [6.07, 6.45) is 4.00. The number of nitrogens with one attached hydrogen (secondary N) is 2. The summed E-state index contributed by atoms with van der Waals surface area (Å²) < 4.78 is 1.79. The van der Waals surface area contributed by atoms with Crippen molar-refractivity contribution in [2.45, 2.75) is 38.3 Å². The molecule has 1 atom stereocenters. The van der Waals surface area contributed by atoms with Crippen molar-refractivity contribution in [1.82, 2.24) is 25.4 Å². The van der Waals surface area contributed by atoms with Gasteiger partial charge in [-0.05, 0) is 51.1 Å². The molecule has 3 aromatic rings. The van der Waals surface area contributed by atoms with Gasteiger partial charge in [-0.2, -0.15) is 10.4 Å². The summed E-state index contributed by atoms with van der Waals surface area (Å²) in [5, 5.41) is 23.2. The molecule has 9 heteroatoms. The van der Waals surface area contributed by atoms with E-state index in [0.29, 0.717) is 28.7 Å². The zero-order valence-electron chi connectivity index (χ0n) is 17.1. The van der Waals surface area contributed by atoms with Gasteiger partial charge >= 0.3 is 0 Å². The van der Waals surface area contributed by atoms with Gasteiger partial charge in [-0.25, -0.2) is 4.98 Å². The minimum atomic E-state index is -0.157. The smallest absolute Gasteiger partial charge is 0.271 e. The van der Waals surface area contributed by atoms with Gasteiger partial charge in [0.25, 0.3) is 5.91 Å². The van der Waals surface area contributed by atoms with Gasteiger partial charge in [0.2, 0.25) is 0 Å². The zero-order chi connectivity index (χ0) is 21.8. The molecule has 0 unspecified atom stereocenters. The number of carbonyl (C=O) groups excluding carboxylic acids is 1. The average Bonchev–Trinajstić information content (AvgIpc) is 3.44. The van der Waals surface area contributed by atoms with Crippen LogP contribution in [0.25, 0.3) is 11.3 Å². The molecule has 1 amide bonds. The Morgan fingerprint density at radius 2 is 2.23 bits per heavy atom. The topological polar surface area (TPSA) is 95.6 Å². The number of aromatic nitrogens is 3. The van der Waals surface area contributed by atoms with Crippen LogP contribution in [0.3, 0.4) is 0 Å². The van der Waals surface area contributed by atoms with E-state index in [9.17, 15) is 4.79 Å². The maximum atomic E-state index is 12.6. The van der Waals surface area contributed by atoms with Crippen LogP contribution < -0.4 is 10.6 Å². The molecule has 0 bridgehead atoms. The fourth-order valence-electron chi connectivity index (χ4n) is 3.65. The van der Waals surface area contributed by atoms with Crippen molar-refractivity contribution in [3.8, 4) is 17.3 Å². The molecule has 2 aromatic heterocycles. The molecule has 7 nitrogen and oxygen atoms in total. The van der Waals surface area contributed by atoms with E-state index in [4.69, 9.17) is 16.9 Å². The first-order valence-corrected chi connectivity index (χ1v) is 11.5. The molecule has 1 saturated heterocycles. The van der Waals surface area contributed by atoms with Crippen LogP contribution in [0.5, 0.6) is 0 Å². The third kappa shape index (κ3) is 5.13. The number of nitriles is 1. The highest BCUT2D eigenvalue weighted by molar-refractivity contribution is 7.09. The predicted octanol–water partition coefficient (Wildman–Crippen LogP) is 3.82. The maximum absolute atomic E-state index is 12.6. The Bertz CT molecular complexity index is 1110. The fourth-order valence-corrected chi connectivity index (χ4v) is 4.85. The summed E-state index contributed by atoms with van der Waals surface area (Å²) in [4.78, 5) is 17.2. The van der Waals surface area contributed by atoms with E-state index in [1.807, 2.05) is 30.6 Å². The number of carbonyl (C=O) groups is 1. The molecule has 4 rings (SSSR count). The first-order valence-electron chi connectivity index (χ1n) is 10.2. The number of benzene rings is 1. The number of rotatable bonds is 6. The molecule has 0 aliphatic carbocycles. The average molecular weight is 455 g/mol. The van der Waals surface area contributed by atoms with E-state index in [0.717, 1.165) is 42.2 Å². The number of hydrogen-bond donors (Lipinski definition) is 2. The second kappa shape index (κ2) is 9.60. The Morgan fingerprint density at radius 1 is 1.42 bits per heavy atom. The van der Waals surface area contributed by atoms with Gasteiger partial charge in [0.15, 0.2) is 0 Å². The van der Waals surface area contributed by atoms with Gasteiger partial charge in [0.05, 0.1) is 27.8 Å². The number of halogens is 1. The van der Waals surface area contributed by atoms with Crippen LogP contribution in [0.15, 0.2) is 35.8 Å². The van der Waals surface area contributed by atoms with E-state index in [1.165, 1.54) is 0 Å². The van der Waals surface area contributed by atoms with Crippen LogP contribution in [0.4, 0.5) is 0 Å². The molecule has 0 saturated carbocycles. The Kier molecular flexibility index (Phi) is 6.66. The van der Waals surface area contributed by atoms with Gasteiger partial charge in [-0.15, -0.1) is 11.3 Å². The lowest BCUT2D eigenvalue weighted by atomic mass is 9.99. The van der Waals surface area contributed by atoms with Crippen LogP contribution in [0.1, 0.15) is 46.7 Å². The lowest BCUT2D eigenvalue weighted by Gasteiger charge is -2.20. The largest absolute Gasteiger partial charge is 0.346 e. The lowest BCUT2D eigenvalue weighted by molar-refractivity contribution is 0.0931. The third-order valence-electron chi connectivity index (χ3n) is 5.31. The SMILES string of the molecule is C[C@H](Cn1ccc(-c2ccc(C#N)c(Cl)c2)n1)NC(=O)c1csc(C2CCNCC2)n1. The normalized spacial score (nSPS) is 15.4. The third-order valence-corrected chi connectivity index (χ3v) is 6.63. The van der Waals surface area contributed by atoms with Crippen LogP contribution in [0.2, 0.25) is 5.02 Å². The molecular formula is C22H23ClN6OS. The summed E-state index contributed by atoms with van der Waals surface area (Å²) in [6, 6.07) is 9.07. The highest BCUT2D eigenvalue weighted by atomic mass is 35.5. The summed E-state index contributed by atoms with van der Waals surface area (Å²) >= 11 is 7.70. The molecule has 1 aromatic carbocycles. The predicted molar refractivity (Wildman–Crippen MR) is 121 cm³/mol. The standard InChI is InChI=1S/C22H23ClN6OS/c1-14(26-21(30)20-13-31-22(27-20)15-4-7-25-8-5-15)12-29-9-6-19(28-29)16-2-3-17(11-24)18(23)10-16/h2-3,6,9-10,13-15,25H,4-5,7-8,12H2,1H3,(H,26,30)/t14-/m1/s1. The second-order valence-electron chi connectivity index (χ2n) is 7.70. The first kappa shape index (κ1) is 21.5. The molecular weight excluding hydrogens is 432 g/mol. The first-order chi connectivity index (χ1) is 15.0. The van der Waals surface area contributed by atoms with Crippen molar-refractivity contribution in [1.29, 1.82) is 5.26 Å². The van der Waals surface area contributed by atoms with Crippen LogP contribution in [-0.4, -0.2) is 39.8 Å². The van der Waals surface area contributed by atoms with E-state index in [2.05, 4.69) is 26.8 Å². The highest BCUT2D eigenvalue weighted by Gasteiger charge is 2.21. The molecule has 3 heterocycles. The minimum absolute atomic E-state index is 0.117. The van der Waals surface area contributed by atoms with Gasteiger partial charge in [-0.3, -0.25) is 9.48 Å². The van der Waals surface area contributed by atoms with Crippen LogP contribution >= 0.6 is 22.9 Å². The van der Waals surface area contributed by atoms with Crippen molar-refractivity contribution in [2.24, 2.45) is 0 Å². The van der Waals surface area contributed by atoms with Crippen molar-refractivity contribution in [2.75, 3.05) is 13.1 Å². The van der Waals surface area contributed by atoms with Crippen molar-refractivity contribution in [3.63, 3.8) is 0 Å². The summed E-state index contributed by atoms with van der Waals surface area (Å²) in [7, 11) is 0. The van der Waals surface area contributed by atoms with Gasteiger partial charge in [0.1, 0.15) is 11.8 Å². The Balaban J connectivity index is 1.35.